The van der Waals surface area contributed by atoms with Crippen LogP contribution in [0.4, 0.5) is 0 Å². The average Bonchev–Trinajstić information content (AvgIpc) is 2.32. The van der Waals surface area contributed by atoms with Crippen molar-refractivity contribution in [3.8, 4) is 0 Å². The summed E-state index contributed by atoms with van der Waals surface area (Å²) in [7, 11) is 7.26. The van der Waals surface area contributed by atoms with E-state index in [2.05, 4.69) is 4.90 Å². The standard InChI is InChI=1S/C13H28N2O3/c1-13(2,18-6)12(16)15(10-11-17-5)9-7-8-14(3)4/h7-11H2,1-6H3. The molecule has 0 atom stereocenters. The van der Waals surface area contributed by atoms with Crippen LogP contribution in [0.25, 0.3) is 0 Å². The number of rotatable bonds is 9. The zero-order valence-corrected chi connectivity index (χ0v) is 12.7. The molecule has 0 saturated heterocycles. The van der Waals surface area contributed by atoms with E-state index in [0.717, 1.165) is 19.5 Å². The van der Waals surface area contributed by atoms with Gasteiger partial charge in [0, 0.05) is 27.3 Å². The van der Waals surface area contributed by atoms with E-state index in [-0.39, 0.29) is 5.91 Å². The molecule has 5 heteroatoms. The lowest BCUT2D eigenvalue weighted by atomic mass is 10.1. The van der Waals surface area contributed by atoms with Gasteiger partial charge in [-0.15, -0.1) is 0 Å². The Kier molecular flexibility index (Phi) is 8.15. The van der Waals surface area contributed by atoms with Crippen molar-refractivity contribution in [1.82, 2.24) is 9.80 Å². The summed E-state index contributed by atoms with van der Waals surface area (Å²) in [6, 6.07) is 0. The topological polar surface area (TPSA) is 42.0 Å². The lowest BCUT2D eigenvalue weighted by Gasteiger charge is -2.31. The number of nitrogens with zero attached hydrogens (tertiary/aromatic N) is 2. The molecule has 1 amide bonds. The van der Waals surface area contributed by atoms with Gasteiger partial charge in [-0.25, -0.2) is 0 Å². The number of carbonyl (C=O) groups is 1. The summed E-state index contributed by atoms with van der Waals surface area (Å²) in [6.45, 7) is 6.43. The highest BCUT2D eigenvalue weighted by atomic mass is 16.5. The summed E-state index contributed by atoms with van der Waals surface area (Å²) in [5.41, 5.74) is -0.772. The van der Waals surface area contributed by atoms with E-state index in [0.29, 0.717) is 13.2 Å². The third-order valence-corrected chi connectivity index (χ3v) is 2.91. The SMILES string of the molecule is COCCN(CCCN(C)C)C(=O)C(C)(C)OC. The highest BCUT2D eigenvalue weighted by Crippen LogP contribution is 2.12. The number of methoxy groups -OCH3 is 2. The van der Waals surface area contributed by atoms with Gasteiger partial charge in [-0.1, -0.05) is 0 Å². The molecule has 0 aromatic rings. The van der Waals surface area contributed by atoms with Gasteiger partial charge in [-0.3, -0.25) is 4.79 Å². The molecule has 0 unspecified atom stereocenters. The predicted octanol–water partition coefficient (Wildman–Crippen LogP) is 0.838. The normalized spacial score (nSPS) is 11.9. The van der Waals surface area contributed by atoms with E-state index in [9.17, 15) is 4.79 Å². The molecule has 0 aromatic carbocycles. The molecule has 0 aliphatic carbocycles. The summed E-state index contributed by atoms with van der Waals surface area (Å²) in [4.78, 5) is 16.2. The fourth-order valence-electron chi connectivity index (χ4n) is 1.56. The molecule has 0 N–H and O–H groups in total. The quantitative estimate of drug-likeness (QED) is 0.616. The van der Waals surface area contributed by atoms with Gasteiger partial charge in [-0.2, -0.15) is 0 Å². The summed E-state index contributed by atoms with van der Waals surface area (Å²) < 4.78 is 10.3. The van der Waals surface area contributed by atoms with Crippen molar-refractivity contribution in [3.63, 3.8) is 0 Å². The Labute approximate surface area is 111 Å². The van der Waals surface area contributed by atoms with Crippen molar-refractivity contribution in [1.29, 1.82) is 0 Å². The van der Waals surface area contributed by atoms with Crippen molar-refractivity contribution >= 4 is 5.91 Å². The van der Waals surface area contributed by atoms with Crippen molar-refractivity contribution < 1.29 is 14.3 Å². The van der Waals surface area contributed by atoms with E-state index in [1.165, 1.54) is 0 Å². The lowest BCUT2D eigenvalue weighted by Crippen LogP contribution is -2.48. The van der Waals surface area contributed by atoms with Crippen molar-refractivity contribution in [2.24, 2.45) is 0 Å². The first-order valence-electron chi connectivity index (χ1n) is 6.33. The minimum atomic E-state index is -0.772. The molecule has 0 aromatic heterocycles. The molecule has 0 aliphatic heterocycles. The number of carbonyl (C=O) groups excluding carboxylic acids is 1. The monoisotopic (exact) mass is 260 g/mol. The van der Waals surface area contributed by atoms with Crippen LogP contribution in [0.1, 0.15) is 20.3 Å². The maximum Gasteiger partial charge on any atom is 0.254 e. The van der Waals surface area contributed by atoms with Crippen LogP contribution in [0.3, 0.4) is 0 Å². The molecule has 0 spiro atoms. The highest BCUT2D eigenvalue weighted by Gasteiger charge is 2.31. The van der Waals surface area contributed by atoms with Gasteiger partial charge < -0.3 is 19.3 Å². The van der Waals surface area contributed by atoms with Crippen LogP contribution >= 0.6 is 0 Å². The van der Waals surface area contributed by atoms with Crippen LogP contribution in [0.2, 0.25) is 0 Å². The highest BCUT2D eigenvalue weighted by molar-refractivity contribution is 5.84. The molecule has 0 fully saturated rings. The summed E-state index contributed by atoms with van der Waals surface area (Å²) >= 11 is 0. The maximum absolute atomic E-state index is 12.3. The molecule has 0 radical (unpaired) electrons. The van der Waals surface area contributed by atoms with Gasteiger partial charge in [0.15, 0.2) is 0 Å². The molecular formula is C13H28N2O3. The van der Waals surface area contributed by atoms with E-state index >= 15 is 0 Å². The van der Waals surface area contributed by atoms with Gasteiger partial charge >= 0.3 is 0 Å². The Morgan fingerprint density at radius 2 is 1.72 bits per heavy atom. The van der Waals surface area contributed by atoms with Crippen LogP contribution in [-0.2, 0) is 14.3 Å². The van der Waals surface area contributed by atoms with Crippen molar-refractivity contribution in [2.75, 3.05) is 54.6 Å². The maximum atomic E-state index is 12.3. The molecular weight excluding hydrogens is 232 g/mol. The molecule has 0 aliphatic rings. The van der Waals surface area contributed by atoms with Crippen LogP contribution in [0, 0.1) is 0 Å². The van der Waals surface area contributed by atoms with Crippen LogP contribution < -0.4 is 0 Å². The van der Waals surface area contributed by atoms with E-state index in [1.54, 1.807) is 28.1 Å². The average molecular weight is 260 g/mol. The Balaban J connectivity index is 4.42. The second-order valence-corrected chi connectivity index (χ2v) is 5.16. The van der Waals surface area contributed by atoms with E-state index in [1.807, 2.05) is 19.0 Å². The summed E-state index contributed by atoms with van der Waals surface area (Å²) in [5.74, 6) is 0.0146. The minimum Gasteiger partial charge on any atom is -0.383 e. The third kappa shape index (κ3) is 6.33. The Morgan fingerprint density at radius 1 is 1.11 bits per heavy atom. The second kappa shape index (κ2) is 8.45. The zero-order valence-electron chi connectivity index (χ0n) is 12.7. The Bertz CT molecular complexity index is 242. The summed E-state index contributed by atoms with van der Waals surface area (Å²) in [6.07, 6.45) is 0.947. The number of amides is 1. The van der Waals surface area contributed by atoms with Gasteiger partial charge in [0.05, 0.1) is 6.61 Å². The number of ether oxygens (including phenoxy) is 2. The van der Waals surface area contributed by atoms with Crippen LogP contribution in [-0.4, -0.2) is 75.9 Å². The summed E-state index contributed by atoms with van der Waals surface area (Å²) in [5, 5.41) is 0. The number of hydrogen-bond acceptors (Lipinski definition) is 4. The van der Waals surface area contributed by atoms with E-state index in [4.69, 9.17) is 9.47 Å². The molecule has 18 heavy (non-hydrogen) atoms. The molecule has 0 bridgehead atoms. The number of hydrogen-bond donors (Lipinski definition) is 0. The molecule has 108 valence electrons. The molecule has 0 rings (SSSR count). The van der Waals surface area contributed by atoms with Gasteiger partial charge in [0.1, 0.15) is 5.60 Å². The first kappa shape index (κ1) is 17.4. The predicted molar refractivity (Wildman–Crippen MR) is 72.7 cm³/mol. The Hall–Kier alpha value is -0.650. The largest absolute Gasteiger partial charge is 0.383 e. The first-order valence-corrected chi connectivity index (χ1v) is 6.33. The lowest BCUT2D eigenvalue weighted by molar-refractivity contribution is -0.151. The Morgan fingerprint density at radius 3 is 2.17 bits per heavy atom. The second-order valence-electron chi connectivity index (χ2n) is 5.16. The molecule has 0 heterocycles. The fourth-order valence-corrected chi connectivity index (χ4v) is 1.56. The smallest absolute Gasteiger partial charge is 0.254 e. The third-order valence-electron chi connectivity index (χ3n) is 2.91. The van der Waals surface area contributed by atoms with Crippen LogP contribution in [0.15, 0.2) is 0 Å². The van der Waals surface area contributed by atoms with E-state index < -0.39 is 5.60 Å². The molecule has 5 nitrogen and oxygen atoms in total. The van der Waals surface area contributed by atoms with Gasteiger partial charge in [0.25, 0.3) is 5.91 Å². The van der Waals surface area contributed by atoms with Gasteiger partial charge in [0.2, 0.25) is 0 Å². The van der Waals surface area contributed by atoms with Gasteiger partial charge in [-0.05, 0) is 40.9 Å². The van der Waals surface area contributed by atoms with Crippen molar-refractivity contribution in [2.45, 2.75) is 25.9 Å². The first-order chi connectivity index (χ1) is 8.35. The van der Waals surface area contributed by atoms with Crippen molar-refractivity contribution in [3.05, 3.63) is 0 Å². The zero-order chi connectivity index (χ0) is 14.2. The van der Waals surface area contributed by atoms with Crippen LogP contribution in [0.5, 0.6) is 0 Å². The fraction of sp³-hybridized carbons (Fsp3) is 0.923. The minimum absolute atomic E-state index is 0.0146. The molecule has 0 saturated carbocycles.